The van der Waals surface area contributed by atoms with E-state index in [1.165, 1.54) is 14.2 Å². The maximum atomic E-state index is 12.9. The van der Waals surface area contributed by atoms with E-state index in [9.17, 15) is 4.79 Å². The first-order valence-electron chi connectivity index (χ1n) is 8.94. The van der Waals surface area contributed by atoms with Crippen molar-refractivity contribution in [2.75, 3.05) is 26.6 Å². The van der Waals surface area contributed by atoms with E-state index in [4.69, 9.17) is 30.3 Å². The molecule has 7 nitrogen and oxygen atoms in total. The lowest BCUT2D eigenvalue weighted by Gasteiger charge is -2.16. The summed E-state index contributed by atoms with van der Waals surface area (Å²) in [5.41, 5.74) is 3.47. The molecule has 2 aromatic carbocycles. The number of halogens is 1. The Bertz CT molecular complexity index is 1090. The van der Waals surface area contributed by atoms with Crippen LogP contribution in [-0.4, -0.2) is 32.4 Å². The van der Waals surface area contributed by atoms with Crippen LogP contribution in [0, 0.1) is 0 Å². The average molecular weight is 415 g/mol. The van der Waals surface area contributed by atoms with Crippen molar-refractivity contribution in [3.63, 3.8) is 0 Å². The van der Waals surface area contributed by atoms with Crippen LogP contribution >= 0.6 is 11.6 Å². The van der Waals surface area contributed by atoms with Gasteiger partial charge in [-0.2, -0.15) is 0 Å². The van der Waals surface area contributed by atoms with Gasteiger partial charge in [0.25, 0.3) is 5.91 Å². The number of amides is 1. The Morgan fingerprint density at radius 1 is 1.07 bits per heavy atom. The molecule has 0 unspecified atom stereocenters. The average Bonchev–Trinajstić information content (AvgIpc) is 3.18. The second-order valence-corrected chi connectivity index (χ2v) is 6.91. The molecule has 1 aliphatic carbocycles. The molecule has 1 heterocycles. The fraction of sp³-hybridized carbons (Fsp3) is 0.238. The van der Waals surface area contributed by atoms with Gasteiger partial charge in [-0.3, -0.25) is 4.79 Å². The number of nitrogens with one attached hydrogen (secondary N) is 1. The normalized spacial score (nSPS) is 12.0. The minimum atomic E-state index is -0.394. The number of rotatable bonds is 5. The van der Waals surface area contributed by atoms with Gasteiger partial charge in [-0.1, -0.05) is 16.8 Å². The summed E-state index contributed by atoms with van der Waals surface area (Å²) in [6.45, 7) is 0. The van der Waals surface area contributed by atoms with Gasteiger partial charge in [0.05, 0.1) is 32.0 Å². The first kappa shape index (κ1) is 19.1. The Kier molecular flexibility index (Phi) is 5.07. The highest BCUT2D eigenvalue weighted by molar-refractivity contribution is 6.32. The smallest absolute Gasteiger partial charge is 0.278 e. The Morgan fingerprint density at radius 3 is 2.59 bits per heavy atom. The molecule has 0 radical (unpaired) electrons. The van der Waals surface area contributed by atoms with Crippen LogP contribution in [0.15, 0.2) is 34.9 Å². The number of benzene rings is 2. The molecule has 8 heteroatoms. The standard InChI is InChI=1S/C21H19ClN2O5/c1-26-12-5-7-13-11(8-12)4-6-14-19(24-29-20(13)14)21(25)23-16-10-17(27-2)15(22)9-18(16)28-3/h5,7-10H,4,6H2,1-3H3,(H,23,25). The van der Waals surface area contributed by atoms with Crippen molar-refractivity contribution in [1.29, 1.82) is 0 Å². The number of hydrogen-bond acceptors (Lipinski definition) is 6. The minimum absolute atomic E-state index is 0.248. The van der Waals surface area contributed by atoms with Crippen LogP contribution in [0.25, 0.3) is 11.3 Å². The van der Waals surface area contributed by atoms with Crippen molar-refractivity contribution >= 4 is 23.2 Å². The van der Waals surface area contributed by atoms with E-state index < -0.39 is 5.91 Å². The van der Waals surface area contributed by atoms with Gasteiger partial charge in [0, 0.05) is 23.3 Å². The molecule has 0 bridgehead atoms. The summed E-state index contributed by atoms with van der Waals surface area (Å²) in [6, 6.07) is 8.95. The van der Waals surface area contributed by atoms with Gasteiger partial charge in [0.1, 0.15) is 17.2 Å². The van der Waals surface area contributed by atoms with Crippen LogP contribution < -0.4 is 19.5 Å². The molecule has 0 fully saturated rings. The first-order chi connectivity index (χ1) is 14.0. The third kappa shape index (κ3) is 3.38. The molecule has 0 saturated heterocycles. The number of anilines is 1. The van der Waals surface area contributed by atoms with Crippen LogP contribution in [0.5, 0.6) is 17.2 Å². The molecule has 0 spiro atoms. The van der Waals surface area contributed by atoms with Gasteiger partial charge >= 0.3 is 0 Å². The van der Waals surface area contributed by atoms with Crippen LogP contribution in [0.1, 0.15) is 21.6 Å². The lowest BCUT2D eigenvalue weighted by atomic mass is 9.89. The summed E-state index contributed by atoms with van der Waals surface area (Å²) in [5.74, 6) is 1.84. The van der Waals surface area contributed by atoms with Gasteiger partial charge < -0.3 is 24.1 Å². The van der Waals surface area contributed by atoms with Gasteiger partial charge in [-0.15, -0.1) is 0 Å². The Labute approximate surface area is 172 Å². The Morgan fingerprint density at radius 2 is 1.86 bits per heavy atom. The predicted molar refractivity (Wildman–Crippen MR) is 108 cm³/mol. The summed E-state index contributed by atoms with van der Waals surface area (Å²) < 4.78 is 21.4. The molecule has 29 heavy (non-hydrogen) atoms. The van der Waals surface area contributed by atoms with E-state index in [0.29, 0.717) is 34.4 Å². The number of aryl methyl sites for hydroxylation is 1. The maximum Gasteiger partial charge on any atom is 0.278 e. The molecular weight excluding hydrogens is 396 g/mol. The summed E-state index contributed by atoms with van der Waals surface area (Å²) in [7, 11) is 4.63. The zero-order valence-electron chi connectivity index (χ0n) is 16.2. The fourth-order valence-corrected chi connectivity index (χ4v) is 3.69. The van der Waals surface area contributed by atoms with Crippen molar-refractivity contribution in [2.45, 2.75) is 12.8 Å². The third-order valence-electron chi connectivity index (χ3n) is 4.93. The number of nitrogens with zero attached hydrogens (tertiary/aromatic N) is 1. The molecule has 1 aromatic heterocycles. The zero-order valence-corrected chi connectivity index (χ0v) is 16.9. The Hall–Kier alpha value is -3.19. The molecule has 1 amide bonds. The number of hydrogen-bond donors (Lipinski definition) is 1. The van der Waals surface area contributed by atoms with Crippen molar-refractivity contribution < 1.29 is 23.5 Å². The van der Waals surface area contributed by atoms with E-state index in [-0.39, 0.29) is 5.69 Å². The fourth-order valence-electron chi connectivity index (χ4n) is 3.46. The minimum Gasteiger partial charge on any atom is -0.497 e. The molecule has 0 aliphatic heterocycles. The number of aromatic nitrogens is 1. The van der Waals surface area contributed by atoms with Gasteiger partial charge in [0.2, 0.25) is 0 Å². The molecule has 1 aliphatic rings. The van der Waals surface area contributed by atoms with Crippen molar-refractivity contribution in [2.24, 2.45) is 0 Å². The van der Waals surface area contributed by atoms with Crippen molar-refractivity contribution in [1.82, 2.24) is 5.16 Å². The first-order valence-corrected chi connectivity index (χ1v) is 9.32. The van der Waals surface area contributed by atoms with Gasteiger partial charge in [-0.05, 0) is 36.6 Å². The third-order valence-corrected chi connectivity index (χ3v) is 5.22. The van der Waals surface area contributed by atoms with Gasteiger partial charge in [0.15, 0.2) is 11.5 Å². The largest absolute Gasteiger partial charge is 0.497 e. The second kappa shape index (κ2) is 7.67. The van der Waals surface area contributed by atoms with Crippen LogP contribution in [-0.2, 0) is 12.8 Å². The summed E-state index contributed by atoms with van der Waals surface area (Å²) >= 11 is 6.13. The number of carbonyl (C=O) groups excluding carboxylic acids is 1. The highest BCUT2D eigenvalue weighted by atomic mass is 35.5. The van der Waals surface area contributed by atoms with E-state index in [2.05, 4.69) is 10.5 Å². The summed E-state index contributed by atoms with van der Waals surface area (Å²) in [6.07, 6.45) is 1.40. The number of carbonyl (C=O) groups is 1. The van der Waals surface area contributed by atoms with E-state index in [1.807, 2.05) is 18.2 Å². The second-order valence-electron chi connectivity index (χ2n) is 6.50. The van der Waals surface area contributed by atoms with E-state index >= 15 is 0 Å². The Balaban J connectivity index is 1.66. The SMILES string of the molecule is COc1ccc2c(c1)CCc1c(C(=O)Nc3cc(OC)c(Cl)cc3OC)noc1-2. The molecule has 3 aromatic rings. The van der Waals surface area contributed by atoms with Crippen LogP contribution in [0.3, 0.4) is 0 Å². The number of methoxy groups -OCH3 is 3. The van der Waals surface area contributed by atoms with Crippen LogP contribution in [0.2, 0.25) is 5.02 Å². The van der Waals surface area contributed by atoms with E-state index in [1.54, 1.807) is 19.2 Å². The monoisotopic (exact) mass is 414 g/mol. The molecular formula is C21H19ClN2O5. The molecule has 150 valence electrons. The van der Waals surface area contributed by atoms with Crippen LogP contribution in [0.4, 0.5) is 5.69 Å². The van der Waals surface area contributed by atoms with Gasteiger partial charge in [-0.25, -0.2) is 0 Å². The number of ether oxygens (including phenoxy) is 3. The number of fused-ring (bicyclic) bond motifs is 3. The maximum absolute atomic E-state index is 12.9. The highest BCUT2D eigenvalue weighted by Crippen LogP contribution is 2.39. The summed E-state index contributed by atoms with van der Waals surface area (Å²) in [4.78, 5) is 12.9. The molecule has 4 rings (SSSR count). The van der Waals surface area contributed by atoms with Crippen molar-refractivity contribution in [3.8, 4) is 28.6 Å². The quantitative estimate of drug-likeness (QED) is 0.667. The highest BCUT2D eigenvalue weighted by Gasteiger charge is 2.28. The topological polar surface area (TPSA) is 82.8 Å². The molecule has 1 N–H and O–H groups in total. The summed E-state index contributed by atoms with van der Waals surface area (Å²) in [5, 5.41) is 7.23. The zero-order chi connectivity index (χ0) is 20.5. The lowest BCUT2D eigenvalue weighted by Crippen LogP contribution is -2.16. The van der Waals surface area contributed by atoms with Crippen molar-refractivity contribution in [3.05, 3.63) is 52.2 Å². The lowest BCUT2D eigenvalue weighted by molar-refractivity contribution is 0.101. The molecule has 0 saturated carbocycles. The predicted octanol–water partition coefficient (Wildman–Crippen LogP) is 4.37. The molecule has 0 atom stereocenters. The van der Waals surface area contributed by atoms with E-state index in [0.717, 1.165) is 28.9 Å².